The first-order valence-corrected chi connectivity index (χ1v) is 6.45. The molecular weight excluding hydrogens is 351 g/mol. The minimum absolute atomic E-state index is 0.406. The zero-order chi connectivity index (χ0) is 12.3. The lowest BCUT2D eigenvalue weighted by molar-refractivity contribution is 0.410. The quantitative estimate of drug-likeness (QED) is 0.788. The highest BCUT2D eigenvalue weighted by molar-refractivity contribution is 14.1. The van der Waals surface area contributed by atoms with Gasteiger partial charge in [-0.05, 0) is 52.9 Å². The van der Waals surface area contributed by atoms with Gasteiger partial charge in [-0.15, -0.1) is 5.10 Å². The lowest BCUT2D eigenvalue weighted by atomic mass is 10.1. The number of nitrogens with zero attached hydrogens (tertiary/aromatic N) is 2. The van der Waals surface area contributed by atoms with Gasteiger partial charge >= 0.3 is 0 Å². The van der Waals surface area contributed by atoms with E-state index in [4.69, 9.17) is 16.3 Å². The monoisotopic (exact) mass is 360 g/mol. The summed E-state index contributed by atoms with van der Waals surface area (Å²) in [5.41, 5.74) is 1.96. The Kier molecular flexibility index (Phi) is 4.17. The summed E-state index contributed by atoms with van der Waals surface area (Å²) in [5, 5.41) is 8.27. The molecule has 0 bridgehead atoms. The van der Waals surface area contributed by atoms with Gasteiger partial charge in [0.1, 0.15) is 5.75 Å². The van der Waals surface area contributed by atoms with Gasteiger partial charge in [0, 0.05) is 15.6 Å². The number of ether oxygens (including phenoxy) is 1. The zero-order valence-corrected chi connectivity index (χ0v) is 12.1. The van der Waals surface area contributed by atoms with Gasteiger partial charge in [-0.3, -0.25) is 0 Å². The molecule has 0 radical (unpaired) electrons. The maximum absolute atomic E-state index is 5.70. The van der Waals surface area contributed by atoms with Crippen LogP contribution in [-0.4, -0.2) is 17.3 Å². The molecule has 0 unspecified atom stereocenters. The third-order valence-electron chi connectivity index (χ3n) is 2.30. The van der Waals surface area contributed by atoms with Crippen molar-refractivity contribution < 1.29 is 4.74 Å². The normalized spacial score (nSPS) is 10.3. The Labute approximate surface area is 118 Å². The number of benzene rings is 1. The van der Waals surface area contributed by atoms with Gasteiger partial charge in [0.2, 0.25) is 0 Å². The molecular formula is C12H10ClIN2O. The van der Waals surface area contributed by atoms with Crippen molar-refractivity contribution in [3.8, 4) is 5.75 Å². The van der Waals surface area contributed by atoms with Crippen molar-refractivity contribution in [3.63, 3.8) is 0 Å². The standard InChI is InChI=1S/C12H10ClIN2O/c1-17-11-4-2-9(14)6-8(11)7-10-3-5-12(13)16-15-10/h2-6H,7H2,1H3. The average Bonchev–Trinajstić information content (AvgIpc) is 2.32. The topological polar surface area (TPSA) is 35.0 Å². The van der Waals surface area contributed by atoms with Crippen LogP contribution >= 0.6 is 34.2 Å². The van der Waals surface area contributed by atoms with Crippen molar-refractivity contribution in [1.29, 1.82) is 0 Å². The summed E-state index contributed by atoms with van der Waals surface area (Å²) in [5.74, 6) is 0.863. The second kappa shape index (κ2) is 5.64. The first-order chi connectivity index (χ1) is 8.19. The third-order valence-corrected chi connectivity index (χ3v) is 3.17. The Morgan fingerprint density at radius 3 is 2.71 bits per heavy atom. The van der Waals surface area contributed by atoms with Crippen LogP contribution in [0, 0.1) is 3.57 Å². The van der Waals surface area contributed by atoms with Crippen LogP contribution in [0.3, 0.4) is 0 Å². The molecule has 2 aromatic rings. The van der Waals surface area contributed by atoms with Crippen molar-refractivity contribution in [3.05, 3.63) is 50.3 Å². The van der Waals surface area contributed by atoms with Gasteiger partial charge in [0.15, 0.2) is 5.15 Å². The molecule has 3 nitrogen and oxygen atoms in total. The van der Waals surface area contributed by atoms with E-state index >= 15 is 0 Å². The Balaban J connectivity index is 2.28. The van der Waals surface area contributed by atoms with Crippen LogP contribution in [0.25, 0.3) is 0 Å². The molecule has 1 aromatic heterocycles. The van der Waals surface area contributed by atoms with Crippen LogP contribution in [0.5, 0.6) is 5.75 Å². The molecule has 1 aromatic carbocycles. The highest BCUT2D eigenvalue weighted by atomic mass is 127. The Morgan fingerprint density at radius 1 is 1.24 bits per heavy atom. The van der Waals surface area contributed by atoms with Crippen LogP contribution in [-0.2, 0) is 6.42 Å². The van der Waals surface area contributed by atoms with Crippen molar-refractivity contribution >= 4 is 34.2 Å². The van der Waals surface area contributed by atoms with E-state index in [1.165, 1.54) is 3.57 Å². The van der Waals surface area contributed by atoms with E-state index in [-0.39, 0.29) is 0 Å². The molecule has 88 valence electrons. The molecule has 5 heteroatoms. The zero-order valence-electron chi connectivity index (χ0n) is 9.15. The number of hydrogen-bond donors (Lipinski definition) is 0. The lowest BCUT2D eigenvalue weighted by Crippen LogP contribution is -1.98. The molecule has 0 aliphatic heterocycles. The molecule has 0 saturated carbocycles. The van der Waals surface area contributed by atoms with Crippen molar-refractivity contribution in [1.82, 2.24) is 10.2 Å². The second-order valence-corrected chi connectivity index (χ2v) is 5.11. The Morgan fingerprint density at radius 2 is 2.06 bits per heavy atom. The fourth-order valence-electron chi connectivity index (χ4n) is 1.52. The summed E-state index contributed by atoms with van der Waals surface area (Å²) in [4.78, 5) is 0. The minimum Gasteiger partial charge on any atom is -0.496 e. The fourth-order valence-corrected chi connectivity index (χ4v) is 2.17. The van der Waals surface area contributed by atoms with E-state index in [1.54, 1.807) is 13.2 Å². The van der Waals surface area contributed by atoms with E-state index < -0.39 is 0 Å². The van der Waals surface area contributed by atoms with Crippen LogP contribution in [0.4, 0.5) is 0 Å². The largest absolute Gasteiger partial charge is 0.496 e. The molecule has 17 heavy (non-hydrogen) atoms. The first-order valence-electron chi connectivity index (χ1n) is 4.99. The van der Waals surface area contributed by atoms with Crippen molar-refractivity contribution in [2.24, 2.45) is 0 Å². The highest BCUT2D eigenvalue weighted by Gasteiger charge is 2.06. The number of methoxy groups -OCH3 is 1. The molecule has 0 saturated heterocycles. The van der Waals surface area contributed by atoms with Crippen LogP contribution in [0.1, 0.15) is 11.3 Å². The maximum atomic E-state index is 5.70. The lowest BCUT2D eigenvalue weighted by Gasteiger charge is -2.08. The van der Waals surface area contributed by atoms with Crippen LogP contribution in [0.15, 0.2) is 30.3 Å². The van der Waals surface area contributed by atoms with E-state index in [9.17, 15) is 0 Å². The predicted octanol–water partition coefficient (Wildman–Crippen LogP) is 3.33. The Hall–Kier alpha value is -0.880. The maximum Gasteiger partial charge on any atom is 0.151 e. The van der Waals surface area contributed by atoms with Crippen LogP contribution in [0.2, 0.25) is 5.15 Å². The molecule has 0 N–H and O–H groups in total. The van der Waals surface area contributed by atoms with E-state index in [0.717, 1.165) is 17.0 Å². The predicted molar refractivity (Wildman–Crippen MR) is 75.6 cm³/mol. The number of aromatic nitrogens is 2. The molecule has 2 rings (SSSR count). The van der Waals surface area contributed by atoms with Gasteiger partial charge in [0.25, 0.3) is 0 Å². The summed E-state index contributed by atoms with van der Waals surface area (Å²) < 4.78 is 6.49. The smallest absolute Gasteiger partial charge is 0.151 e. The van der Waals surface area contributed by atoms with Crippen molar-refractivity contribution in [2.45, 2.75) is 6.42 Å². The van der Waals surface area contributed by atoms with Crippen molar-refractivity contribution in [2.75, 3.05) is 7.11 Å². The summed E-state index contributed by atoms with van der Waals surface area (Å²) in [7, 11) is 1.67. The molecule has 0 aliphatic carbocycles. The minimum atomic E-state index is 0.406. The second-order valence-electron chi connectivity index (χ2n) is 3.48. The van der Waals surface area contributed by atoms with Gasteiger partial charge in [-0.2, -0.15) is 5.10 Å². The van der Waals surface area contributed by atoms with Gasteiger partial charge in [0.05, 0.1) is 12.8 Å². The first kappa shape index (κ1) is 12.6. The van der Waals surface area contributed by atoms with Gasteiger partial charge in [-0.1, -0.05) is 11.6 Å². The van der Waals surface area contributed by atoms with E-state index in [0.29, 0.717) is 11.6 Å². The molecule has 0 amide bonds. The van der Waals surface area contributed by atoms with Crippen LogP contribution < -0.4 is 4.74 Å². The van der Waals surface area contributed by atoms with Gasteiger partial charge < -0.3 is 4.74 Å². The molecule has 1 heterocycles. The number of rotatable bonds is 3. The molecule has 0 atom stereocenters. The molecule has 0 spiro atoms. The number of hydrogen-bond acceptors (Lipinski definition) is 3. The average molecular weight is 361 g/mol. The summed E-state index contributed by atoms with van der Waals surface area (Å²) in [6, 6.07) is 9.66. The number of halogens is 2. The molecule has 0 aliphatic rings. The summed E-state index contributed by atoms with van der Waals surface area (Å²) in [6.45, 7) is 0. The Bertz CT molecular complexity index is 516. The third kappa shape index (κ3) is 3.29. The highest BCUT2D eigenvalue weighted by Crippen LogP contribution is 2.23. The van der Waals surface area contributed by atoms with E-state index in [1.807, 2.05) is 18.2 Å². The van der Waals surface area contributed by atoms with E-state index in [2.05, 4.69) is 38.9 Å². The van der Waals surface area contributed by atoms with Gasteiger partial charge in [-0.25, -0.2) is 0 Å². The summed E-state index contributed by atoms with van der Waals surface area (Å²) in [6.07, 6.45) is 0.685. The molecule has 0 fully saturated rings. The fraction of sp³-hybridized carbons (Fsp3) is 0.167. The summed E-state index contributed by atoms with van der Waals surface area (Å²) >= 11 is 7.97. The SMILES string of the molecule is COc1ccc(I)cc1Cc1ccc(Cl)nn1.